The highest BCUT2D eigenvalue weighted by molar-refractivity contribution is 6.05. The molecule has 0 saturated carbocycles. The topological polar surface area (TPSA) is 108 Å². The SMILES string of the molecule is CCNC(=O)Nc1ccc(-c2cnc3[nH]cc(-c4ccccc4OC)c3c2)cc1C(=O)NC. The Labute approximate surface area is 191 Å². The maximum atomic E-state index is 12.5. The van der Waals surface area contributed by atoms with Crippen LogP contribution in [-0.2, 0) is 0 Å². The second-order valence-corrected chi connectivity index (χ2v) is 7.35. The largest absolute Gasteiger partial charge is 0.496 e. The van der Waals surface area contributed by atoms with Gasteiger partial charge in [-0.2, -0.15) is 0 Å². The number of pyridine rings is 1. The van der Waals surface area contributed by atoms with Gasteiger partial charge in [-0.3, -0.25) is 4.79 Å². The fourth-order valence-corrected chi connectivity index (χ4v) is 3.73. The third kappa shape index (κ3) is 4.36. The van der Waals surface area contributed by atoms with Gasteiger partial charge in [-0.1, -0.05) is 24.3 Å². The van der Waals surface area contributed by atoms with Crippen LogP contribution in [0, 0.1) is 0 Å². The summed E-state index contributed by atoms with van der Waals surface area (Å²) in [6, 6.07) is 14.8. The number of urea groups is 1. The van der Waals surface area contributed by atoms with Gasteiger partial charge in [0.05, 0.1) is 18.4 Å². The van der Waals surface area contributed by atoms with Crippen molar-refractivity contribution in [3.63, 3.8) is 0 Å². The number of H-pyrrole nitrogens is 1. The number of amides is 3. The lowest BCUT2D eigenvalue weighted by Gasteiger charge is -2.13. The highest BCUT2D eigenvalue weighted by Crippen LogP contribution is 2.36. The Morgan fingerprint density at radius 2 is 1.88 bits per heavy atom. The van der Waals surface area contributed by atoms with E-state index in [0.717, 1.165) is 39.0 Å². The first kappa shape index (κ1) is 21.9. The van der Waals surface area contributed by atoms with Crippen LogP contribution >= 0.6 is 0 Å². The Balaban J connectivity index is 1.78. The van der Waals surface area contributed by atoms with Crippen LogP contribution in [0.1, 0.15) is 17.3 Å². The first-order valence-corrected chi connectivity index (χ1v) is 10.6. The number of benzene rings is 2. The molecule has 168 valence electrons. The van der Waals surface area contributed by atoms with Crippen LogP contribution in [-0.4, -0.2) is 42.6 Å². The number of aromatic nitrogens is 2. The number of anilines is 1. The normalized spacial score (nSPS) is 10.6. The lowest BCUT2D eigenvalue weighted by molar-refractivity contribution is 0.0964. The molecule has 8 heteroatoms. The lowest BCUT2D eigenvalue weighted by atomic mass is 9.99. The van der Waals surface area contributed by atoms with Gasteiger partial charge >= 0.3 is 6.03 Å². The number of hydrogen-bond donors (Lipinski definition) is 4. The summed E-state index contributed by atoms with van der Waals surface area (Å²) in [6.07, 6.45) is 3.67. The zero-order chi connectivity index (χ0) is 23.4. The summed E-state index contributed by atoms with van der Waals surface area (Å²) in [7, 11) is 3.20. The predicted molar refractivity (Wildman–Crippen MR) is 130 cm³/mol. The number of nitrogens with one attached hydrogen (secondary N) is 4. The summed E-state index contributed by atoms with van der Waals surface area (Å²) in [4.78, 5) is 32.3. The molecule has 0 fully saturated rings. The van der Waals surface area contributed by atoms with Gasteiger partial charge in [-0.15, -0.1) is 0 Å². The molecular formula is C25H25N5O3. The third-order valence-corrected chi connectivity index (χ3v) is 5.34. The first-order chi connectivity index (χ1) is 16.0. The number of carbonyl (C=O) groups excluding carboxylic acids is 2. The number of rotatable bonds is 6. The van der Waals surface area contributed by atoms with E-state index in [4.69, 9.17) is 4.74 Å². The van der Waals surface area contributed by atoms with Gasteiger partial charge < -0.3 is 25.7 Å². The fourth-order valence-electron chi connectivity index (χ4n) is 3.73. The van der Waals surface area contributed by atoms with E-state index in [1.807, 2.05) is 49.5 Å². The second-order valence-electron chi connectivity index (χ2n) is 7.35. The van der Waals surface area contributed by atoms with E-state index in [1.54, 1.807) is 32.5 Å². The molecule has 2 aromatic carbocycles. The Kier molecular flexibility index (Phi) is 6.26. The summed E-state index contributed by atoms with van der Waals surface area (Å²) >= 11 is 0. The van der Waals surface area contributed by atoms with Crippen molar-refractivity contribution in [2.45, 2.75) is 6.92 Å². The van der Waals surface area contributed by atoms with Crippen molar-refractivity contribution < 1.29 is 14.3 Å². The molecule has 0 aliphatic carbocycles. The van der Waals surface area contributed by atoms with Crippen molar-refractivity contribution in [1.82, 2.24) is 20.6 Å². The van der Waals surface area contributed by atoms with Crippen LogP contribution in [0.2, 0.25) is 0 Å². The number of carbonyl (C=O) groups is 2. The highest BCUT2D eigenvalue weighted by atomic mass is 16.5. The van der Waals surface area contributed by atoms with Gasteiger partial charge in [0, 0.05) is 48.1 Å². The van der Waals surface area contributed by atoms with E-state index in [-0.39, 0.29) is 11.9 Å². The van der Waals surface area contributed by atoms with Gasteiger partial charge in [-0.05, 0) is 36.8 Å². The van der Waals surface area contributed by atoms with Gasteiger partial charge in [0.15, 0.2) is 0 Å². The third-order valence-electron chi connectivity index (χ3n) is 5.34. The summed E-state index contributed by atoms with van der Waals surface area (Å²) in [5.74, 6) is 0.473. The molecule has 2 heterocycles. The molecule has 33 heavy (non-hydrogen) atoms. The quantitative estimate of drug-likeness (QED) is 0.354. The molecule has 0 aliphatic rings. The fraction of sp³-hybridized carbons (Fsp3) is 0.160. The van der Waals surface area contributed by atoms with Gasteiger partial charge in [-0.25, -0.2) is 9.78 Å². The van der Waals surface area contributed by atoms with Crippen LogP contribution < -0.4 is 20.7 Å². The molecule has 0 atom stereocenters. The van der Waals surface area contributed by atoms with E-state index >= 15 is 0 Å². The molecule has 0 unspecified atom stereocenters. The zero-order valence-electron chi connectivity index (χ0n) is 18.7. The van der Waals surface area contributed by atoms with E-state index in [1.165, 1.54) is 0 Å². The van der Waals surface area contributed by atoms with Gasteiger partial charge in [0.2, 0.25) is 0 Å². The maximum Gasteiger partial charge on any atom is 0.319 e. The number of fused-ring (bicyclic) bond motifs is 1. The Bertz CT molecular complexity index is 1330. The van der Waals surface area contributed by atoms with Crippen molar-refractivity contribution in [2.75, 3.05) is 26.0 Å². The molecule has 3 amide bonds. The molecule has 4 N–H and O–H groups in total. The molecule has 0 bridgehead atoms. The zero-order valence-corrected chi connectivity index (χ0v) is 18.7. The van der Waals surface area contributed by atoms with Crippen LogP contribution in [0.5, 0.6) is 5.75 Å². The van der Waals surface area contributed by atoms with E-state index in [9.17, 15) is 9.59 Å². The molecule has 0 spiro atoms. The van der Waals surface area contributed by atoms with Crippen LogP contribution in [0.3, 0.4) is 0 Å². The minimum atomic E-state index is -0.368. The maximum absolute atomic E-state index is 12.5. The average Bonchev–Trinajstić information content (AvgIpc) is 3.27. The number of ether oxygens (including phenoxy) is 1. The highest BCUT2D eigenvalue weighted by Gasteiger charge is 2.16. The standard InChI is InChI=1S/C25H25N5O3/c1-4-27-25(32)30-21-10-9-15(11-19(21)24(31)26-2)16-12-18-20(14-29-23(18)28-13-16)17-7-5-6-8-22(17)33-3/h5-14H,4H2,1-3H3,(H,26,31)(H,28,29)(H2,27,30,32). The molecule has 4 aromatic rings. The van der Waals surface area contributed by atoms with Crippen molar-refractivity contribution >= 4 is 28.7 Å². The molecular weight excluding hydrogens is 418 g/mol. The van der Waals surface area contributed by atoms with Crippen LogP contribution in [0.15, 0.2) is 60.9 Å². The Hall–Kier alpha value is -4.33. The molecule has 2 aromatic heterocycles. The Morgan fingerprint density at radius 1 is 1.06 bits per heavy atom. The summed E-state index contributed by atoms with van der Waals surface area (Å²) < 4.78 is 5.53. The van der Waals surface area contributed by atoms with Crippen molar-refractivity contribution in [3.8, 4) is 28.0 Å². The Morgan fingerprint density at radius 3 is 2.64 bits per heavy atom. The molecule has 0 aliphatic heterocycles. The van der Waals surface area contributed by atoms with E-state index in [0.29, 0.717) is 17.8 Å². The van der Waals surface area contributed by atoms with E-state index < -0.39 is 0 Å². The van der Waals surface area contributed by atoms with Gasteiger partial charge in [0.1, 0.15) is 11.4 Å². The van der Waals surface area contributed by atoms with Crippen LogP contribution in [0.25, 0.3) is 33.3 Å². The molecule has 4 rings (SSSR count). The van der Waals surface area contributed by atoms with E-state index in [2.05, 4.69) is 25.9 Å². The number of hydrogen-bond acceptors (Lipinski definition) is 4. The smallest absolute Gasteiger partial charge is 0.319 e. The first-order valence-electron chi connectivity index (χ1n) is 10.6. The minimum Gasteiger partial charge on any atom is -0.496 e. The summed E-state index contributed by atoms with van der Waals surface area (Å²) in [5, 5.41) is 8.96. The molecule has 0 radical (unpaired) electrons. The molecule has 8 nitrogen and oxygen atoms in total. The molecule has 0 saturated heterocycles. The summed E-state index contributed by atoms with van der Waals surface area (Å²) in [5.41, 5.74) is 5.11. The lowest BCUT2D eigenvalue weighted by Crippen LogP contribution is -2.29. The monoisotopic (exact) mass is 443 g/mol. The number of para-hydroxylation sites is 1. The second kappa shape index (κ2) is 9.44. The van der Waals surface area contributed by atoms with Crippen molar-refractivity contribution in [3.05, 3.63) is 66.5 Å². The van der Waals surface area contributed by atoms with Gasteiger partial charge in [0.25, 0.3) is 5.91 Å². The van der Waals surface area contributed by atoms with Crippen LogP contribution in [0.4, 0.5) is 10.5 Å². The number of methoxy groups -OCH3 is 1. The van der Waals surface area contributed by atoms with Crippen molar-refractivity contribution in [1.29, 1.82) is 0 Å². The average molecular weight is 444 g/mol. The minimum absolute atomic E-state index is 0.297. The summed E-state index contributed by atoms with van der Waals surface area (Å²) in [6.45, 7) is 2.31. The predicted octanol–water partition coefficient (Wildman–Crippen LogP) is 4.41. The van der Waals surface area contributed by atoms with Crippen molar-refractivity contribution in [2.24, 2.45) is 0 Å². The number of aromatic amines is 1. The number of nitrogens with zero attached hydrogens (tertiary/aromatic N) is 1.